The third kappa shape index (κ3) is 4.26. The van der Waals surface area contributed by atoms with Crippen molar-refractivity contribution in [2.45, 2.75) is 18.6 Å². The Morgan fingerprint density at radius 2 is 1.67 bits per heavy atom. The van der Waals surface area contributed by atoms with Gasteiger partial charge in [0, 0.05) is 18.1 Å². The van der Waals surface area contributed by atoms with Gasteiger partial charge in [-0.05, 0) is 5.56 Å². The van der Waals surface area contributed by atoms with Gasteiger partial charge in [0.25, 0.3) is 5.69 Å². The number of nitrogens with zero attached hydrogens (tertiary/aromatic N) is 1. The van der Waals surface area contributed by atoms with Crippen LogP contribution in [0.15, 0.2) is 54.6 Å². The first-order valence-corrected chi connectivity index (χ1v) is 6.30. The van der Waals surface area contributed by atoms with E-state index in [-0.39, 0.29) is 18.1 Å². The molecule has 2 rings (SSSR count). The number of rotatable bonds is 5. The van der Waals surface area contributed by atoms with Crippen LogP contribution in [0.4, 0.5) is 5.69 Å². The van der Waals surface area contributed by atoms with Gasteiger partial charge in [0.1, 0.15) is 0 Å². The zero-order chi connectivity index (χ0) is 14.5. The minimum Gasteiger partial charge on any atom is -0.391 e. The molecule has 0 aromatic heterocycles. The molecular weight excluding hydrogens is 292 g/mol. The molecule has 5 nitrogen and oxygen atoms in total. The fourth-order valence-corrected chi connectivity index (χ4v) is 2.13. The molecule has 2 aromatic rings. The molecule has 0 aliphatic heterocycles. The van der Waals surface area contributed by atoms with E-state index in [0.29, 0.717) is 12.0 Å². The molecule has 0 radical (unpaired) electrons. The van der Waals surface area contributed by atoms with E-state index in [0.717, 1.165) is 5.56 Å². The fraction of sp³-hybridized carbons (Fsp3) is 0.200. The Balaban J connectivity index is 0.00000220. The Bertz CT molecular complexity index is 592. The number of aliphatic hydroxyl groups excluding tert-OH is 1. The molecule has 0 fully saturated rings. The quantitative estimate of drug-likeness (QED) is 0.656. The van der Waals surface area contributed by atoms with E-state index >= 15 is 0 Å². The van der Waals surface area contributed by atoms with Gasteiger partial charge in [0.05, 0.1) is 17.1 Å². The van der Waals surface area contributed by atoms with Crippen molar-refractivity contribution in [2.24, 2.45) is 5.73 Å². The summed E-state index contributed by atoms with van der Waals surface area (Å²) in [6.45, 7) is 0. The molecule has 0 spiro atoms. The van der Waals surface area contributed by atoms with Crippen LogP contribution in [0.5, 0.6) is 0 Å². The number of aliphatic hydroxyl groups is 1. The molecule has 112 valence electrons. The highest BCUT2D eigenvalue weighted by Gasteiger charge is 2.24. The van der Waals surface area contributed by atoms with Crippen molar-refractivity contribution >= 4 is 18.1 Å². The summed E-state index contributed by atoms with van der Waals surface area (Å²) in [7, 11) is 0. The van der Waals surface area contributed by atoms with Gasteiger partial charge in [-0.2, -0.15) is 0 Å². The number of para-hydroxylation sites is 1. The lowest BCUT2D eigenvalue weighted by Crippen LogP contribution is -2.28. The number of hydrogen-bond acceptors (Lipinski definition) is 4. The SMILES string of the molecule is Cl.N[C@@H](c1ccccc1[N+](=O)[O-])[C@H](O)Cc1ccccc1. The summed E-state index contributed by atoms with van der Waals surface area (Å²) in [4.78, 5) is 10.5. The van der Waals surface area contributed by atoms with E-state index in [2.05, 4.69) is 0 Å². The van der Waals surface area contributed by atoms with Crippen LogP contribution in [0.3, 0.4) is 0 Å². The molecule has 0 saturated carbocycles. The van der Waals surface area contributed by atoms with Gasteiger partial charge in [0.15, 0.2) is 0 Å². The van der Waals surface area contributed by atoms with Crippen molar-refractivity contribution in [2.75, 3.05) is 0 Å². The standard InChI is InChI=1S/C15H16N2O3.ClH/c16-15(12-8-4-5-9-13(12)17(19)20)14(18)10-11-6-2-1-3-7-11;/h1-9,14-15,18H,10,16H2;1H/t14-,15+;/m1./s1. The average molecular weight is 309 g/mol. The van der Waals surface area contributed by atoms with E-state index < -0.39 is 17.1 Å². The predicted octanol–water partition coefficient (Wildman–Crippen LogP) is 2.62. The lowest BCUT2D eigenvalue weighted by Gasteiger charge is -2.19. The van der Waals surface area contributed by atoms with E-state index in [1.807, 2.05) is 30.3 Å². The molecule has 21 heavy (non-hydrogen) atoms. The summed E-state index contributed by atoms with van der Waals surface area (Å²) >= 11 is 0. The van der Waals surface area contributed by atoms with Crippen molar-refractivity contribution in [1.82, 2.24) is 0 Å². The monoisotopic (exact) mass is 308 g/mol. The number of nitro groups is 1. The first kappa shape index (κ1) is 17.1. The maximum atomic E-state index is 11.0. The fourth-order valence-electron chi connectivity index (χ4n) is 2.13. The third-order valence-electron chi connectivity index (χ3n) is 3.19. The molecule has 0 aliphatic rings. The van der Waals surface area contributed by atoms with Gasteiger partial charge in [-0.15, -0.1) is 12.4 Å². The lowest BCUT2D eigenvalue weighted by atomic mass is 9.96. The average Bonchev–Trinajstić information content (AvgIpc) is 2.47. The van der Waals surface area contributed by atoms with Crippen molar-refractivity contribution < 1.29 is 10.0 Å². The largest absolute Gasteiger partial charge is 0.391 e. The molecule has 0 heterocycles. The highest BCUT2D eigenvalue weighted by Crippen LogP contribution is 2.26. The minimum atomic E-state index is -0.876. The van der Waals surface area contributed by atoms with Crippen molar-refractivity contribution in [3.05, 3.63) is 75.8 Å². The van der Waals surface area contributed by atoms with E-state index in [1.54, 1.807) is 18.2 Å². The van der Waals surface area contributed by atoms with Crippen LogP contribution >= 0.6 is 12.4 Å². The zero-order valence-electron chi connectivity index (χ0n) is 11.3. The Labute approximate surface area is 129 Å². The summed E-state index contributed by atoms with van der Waals surface area (Å²) in [5.41, 5.74) is 7.19. The Morgan fingerprint density at radius 1 is 1.10 bits per heavy atom. The highest BCUT2D eigenvalue weighted by atomic mass is 35.5. The first-order valence-electron chi connectivity index (χ1n) is 6.30. The summed E-state index contributed by atoms with van der Waals surface area (Å²) < 4.78 is 0. The van der Waals surface area contributed by atoms with Crippen molar-refractivity contribution in [1.29, 1.82) is 0 Å². The van der Waals surface area contributed by atoms with Gasteiger partial charge >= 0.3 is 0 Å². The van der Waals surface area contributed by atoms with E-state index in [1.165, 1.54) is 6.07 Å². The molecule has 0 saturated heterocycles. The van der Waals surface area contributed by atoms with E-state index in [4.69, 9.17) is 5.73 Å². The number of nitro benzene ring substituents is 1. The summed E-state index contributed by atoms with van der Waals surface area (Å²) in [6, 6.07) is 14.8. The molecule has 0 bridgehead atoms. The number of halogens is 1. The summed E-state index contributed by atoms with van der Waals surface area (Å²) in [5.74, 6) is 0. The second kappa shape index (κ2) is 7.73. The molecule has 3 N–H and O–H groups in total. The highest BCUT2D eigenvalue weighted by molar-refractivity contribution is 5.85. The number of hydrogen-bond donors (Lipinski definition) is 2. The Hall–Kier alpha value is -1.95. The van der Waals surface area contributed by atoms with Gasteiger partial charge < -0.3 is 10.8 Å². The maximum Gasteiger partial charge on any atom is 0.274 e. The minimum absolute atomic E-state index is 0. The van der Waals surface area contributed by atoms with Gasteiger partial charge in [-0.25, -0.2) is 0 Å². The molecule has 0 unspecified atom stereocenters. The Kier molecular flexibility index (Phi) is 6.30. The van der Waals surface area contributed by atoms with Gasteiger partial charge in [0.2, 0.25) is 0 Å². The van der Waals surface area contributed by atoms with Crippen molar-refractivity contribution in [3.63, 3.8) is 0 Å². The second-order valence-electron chi connectivity index (χ2n) is 4.60. The van der Waals surface area contributed by atoms with Gasteiger partial charge in [-0.1, -0.05) is 48.5 Å². The van der Waals surface area contributed by atoms with Crippen LogP contribution in [0.25, 0.3) is 0 Å². The molecule has 6 heteroatoms. The third-order valence-corrected chi connectivity index (χ3v) is 3.19. The smallest absolute Gasteiger partial charge is 0.274 e. The lowest BCUT2D eigenvalue weighted by molar-refractivity contribution is -0.385. The van der Waals surface area contributed by atoms with Crippen LogP contribution in [0.1, 0.15) is 17.2 Å². The maximum absolute atomic E-state index is 11.0. The van der Waals surface area contributed by atoms with Gasteiger partial charge in [-0.3, -0.25) is 10.1 Å². The first-order chi connectivity index (χ1) is 9.59. The molecule has 2 atom stereocenters. The normalized spacial score (nSPS) is 13.0. The topological polar surface area (TPSA) is 89.4 Å². The zero-order valence-corrected chi connectivity index (χ0v) is 12.1. The molecule has 0 aliphatic carbocycles. The van der Waals surface area contributed by atoms with Crippen molar-refractivity contribution in [3.8, 4) is 0 Å². The molecular formula is C15H17ClN2O3. The Morgan fingerprint density at radius 3 is 2.29 bits per heavy atom. The molecule has 0 amide bonds. The summed E-state index contributed by atoms with van der Waals surface area (Å²) in [5, 5.41) is 21.2. The van der Waals surface area contributed by atoms with Crippen LogP contribution in [0.2, 0.25) is 0 Å². The molecule has 2 aromatic carbocycles. The van der Waals surface area contributed by atoms with Crippen LogP contribution in [-0.2, 0) is 6.42 Å². The number of benzene rings is 2. The van der Waals surface area contributed by atoms with Crippen LogP contribution in [-0.4, -0.2) is 16.1 Å². The van der Waals surface area contributed by atoms with E-state index in [9.17, 15) is 15.2 Å². The van der Waals surface area contributed by atoms with Crippen LogP contribution < -0.4 is 5.73 Å². The summed E-state index contributed by atoms with van der Waals surface area (Å²) in [6.07, 6.45) is -0.521. The van der Waals surface area contributed by atoms with Crippen LogP contribution in [0, 0.1) is 10.1 Å². The predicted molar refractivity (Wildman–Crippen MR) is 83.4 cm³/mol. The second-order valence-corrected chi connectivity index (χ2v) is 4.60. The number of nitrogens with two attached hydrogens (primary N) is 1.